The molecule has 0 atom stereocenters. The van der Waals surface area contributed by atoms with Crippen LogP contribution in [0.3, 0.4) is 0 Å². The van der Waals surface area contributed by atoms with Crippen molar-refractivity contribution in [1.29, 1.82) is 0 Å². The number of nitrogens with zero attached hydrogens (tertiary/aromatic N) is 1. The smallest absolute Gasteiger partial charge is 0.0509 e. The van der Waals surface area contributed by atoms with Gasteiger partial charge in [0.25, 0.3) is 0 Å². The highest BCUT2D eigenvalue weighted by atomic mass is 79.9. The molecule has 3 nitrogen and oxygen atoms in total. The number of hydrogen-bond acceptors (Lipinski definition) is 3. The molecule has 1 rings (SSSR count). The van der Waals surface area contributed by atoms with Crippen molar-refractivity contribution in [1.82, 2.24) is 0 Å². The molecule has 0 amide bonds. The number of anilines is 2. The van der Waals surface area contributed by atoms with E-state index in [2.05, 4.69) is 27.9 Å². The molecule has 0 aliphatic carbocycles. The van der Waals surface area contributed by atoms with Gasteiger partial charge in [-0.1, -0.05) is 0 Å². The van der Waals surface area contributed by atoms with E-state index in [9.17, 15) is 0 Å². The van der Waals surface area contributed by atoms with E-state index in [4.69, 9.17) is 10.5 Å². The minimum atomic E-state index is 0.774. The van der Waals surface area contributed by atoms with Gasteiger partial charge in [-0.15, -0.1) is 0 Å². The van der Waals surface area contributed by atoms with Crippen LogP contribution in [0.2, 0.25) is 0 Å². The van der Waals surface area contributed by atoms with Gasteiger partial charge in [0, 0.05) is 37.5 Å². The first-order chi connectivity index (χ1) is 7.15. The maximum atomic E-state index is 5.68. The quantitative estimate of drug-likeness (QED) is 0.661. The molecule has 15 heavy (non-hydrogen) atoms. The number of nitrogens with two attached hydrogens (primary N) is 1. The first-order valence-corrected chi connectivity index (χ1v) is 5.69. The van der Waals surface area contributed by atoms with Gasteiger partial charge in [0.05, 0.1) is 5.69 Å². The van der Waals surface area contributed by atoms with Crippen LogP contribution in [0.15, 0.2) is 22.7 Å². The van der Waals surface area contributed by atoms with Crippen LogP contribution in [0.4, 0.5) is 11.4 Å². The van der Waals surface area contributed by atoms with E-state index < -0.39 is 0 Å². The van der Waals surface area contributed by atoms with Crippen LogP contribution in [0.25, 0.3) is 0 Å². The topological polar surface area (TPSA) is 38.5 Å². The maximum Gasteiger partial charge on any atom is 0.0509 e. The third-order valence-electron chi connectivity index (χ3n) is 2.22. The molecule has 2 N–H and O–H groups in total. The van der Waals surface area contributed by atoms with Crippen LogP contribution in [-0.4, -0.2) is 27.3 Å². The maximum absolute atomic E-state index is 5.68. The third kappa shape index (κ3) is 3.72. The second-order valence-corrected chi connectivity index (χ2v) is 4.33. The van der Waals surface area contributed by atoms with E-state index in [1.165, 1.54) is 0 Å². The molecule has 0 fully saturated rings. The van der Waals surface area contributed by atoms with Gasteiger partial charge in [-0.3, -0.25) is 0 Å². The molecule has 0 aromatic heterocycles. The zero-order chi connectivity index (χ0) is 11.3. The van der Waals surface area contributed by atoms with Crippen molar-refractivity contribution >= 4 is 27.3 Å². The summed E-state index contributed by atoms with van der Waals surface area (Å²) in [6, 6.07) is 5.85. The molecule has 0 aliphatic heterocycles. The largest absolute Gasteiger partial charge is 0.399 e. The molecule has 84 valence electrons. The van der Waals surface area contributed by atoms with E-state index in [0.29, 0.717) is 0 Å². The fraction of sp³-hybridized carbons (Fsp3) is 0.455. The van der Waals surface area contributed by atoms with E-state index >= 15 is 0 Å². The molecule has 0 saturated carbocycles. The Kier molecular flexibility index (Phi) is 4.91. The van der Waals surface area contributed by atoms with Gasteiger partial charge in [0.1, 0.15) is 0 Å². The molecule has 1 aromatic rings. The molecule has 4 heteroatoms. The van der Waals surface area contributed by atoms with E-state index in [1.807, 2.05) is 18.2 Å². The lowest BCUT2D eigenvalue weighted by Gasteiger charge is -2.20. The fourth-order valence-electron chi connectivity index (χ4n) is 1.40. The zero-order valence-electron chi connectivity index (χ0n) is 9.16. The monoisotopic (exact) mass is 272 g/mol. The minimum Gasteiger partial charge on any atom is -0.399 e. The first-order valence-electron chi connectivity index (χ1n) is 4.90. The Balaban J connectivity index is 2.61. The Morgan fingerprint density at radius 1 is 1.47 bits per heavy atom. The van der Waals surface area contributed by atoms with E-state index in [1.54, 1.807) is 7.11 Å². The van der Waals surface area contributed by atoms with Crippen molar-refractivity contribution < 1.29 is 4.74 Å². The zero-order valence-corrected chi connectivity index (χ0v) is 10.8. The molecular weight excluding hydrogens is 256 g/mol. The Morgan fingerprint density at radius 3 is 2.80 bits per heavy atom. The number of methoxy groups -OCH3 is 1. The van der Waals surface area contributed by atoms with Gasteiger partial charge in [-0.05, 0) is 40.5 Å². The summed E-state index contributed by atoms with van der Waals surface area (Å²) in [5.41, 5.74) is 7.61. The van der Waals surface area contributed by atoms with Gasteiger partial charge < -0.3 is 15.4 Å². The molecule has 0 spiro atoms. The van der Waals surface area contributed by atoms with Crippen molar-refractivity contribution in [3.8, 4) is 0 Å². The molecule has 0 unspecified atom stereocenters. The highest BCUT2D eigenvalue weighted by molar-refractivity contribution is 9.10. The van der Waals surface area contributed by atoms with Crippen molar-refractivity contribution in [3.05, 3.63) is 22.7 Å². The van der Waals surface area contributed by atoms with E-state index in [-0.39, 0.29) is 0 Å². The molecule has 0 aliphatic rings. The Hall–Kier alpha value is -0.740. The fourth-order valence-corrected chi connectivity index (χ4v) is 2.10. The number of benzene rings is 1. The number of hydrogen-bond donors (Lipinski definition) is 1. The summed E-state index contributed by atoms with van der Waals surface area (Å²) < 4.78 is 6.05. The van der Waals surface area contributed by atoms with Gasteiger partial charge in [0.2, 0.25) is 0 Å². The first kappa shape index (κ1) is 12.3. The average Bonchev–Trinajstić information content (AvgIpc) is 2.17. The summed E-state index contributed by atoms with van der Waals surface area (Å²) in [5.74, 6) is 0. The van der Waals surface area contributed by atoms with Gasteiger partial charge >= 0.3 is 0 Å². The van der Waals surface area contributed by atoms with Crippen LogP contribution in [0.5, 0.6) is 0 Å². The van der Waals surface area contributed by atoms with Crippen LogP contribution in [-0.2, 0) is 4.74 Å². The van der Waals surface area contributed by atoms with Crippen molar-refractivity contribution in [2.75, 3.05) is 37.9 Å². The molecule has 0 bridgehead atoms. The number of halogens is 1. The molecular formula is C11H17BrN2O. The van der Waals surface area contributed by atoms with Crippen LogP contribution in [0.1, 0.15) is 6.42 Å². The van der Waals surface area contributed by atoms with Crippen LogP contribution in [0, 0.1) is 0 Å². The van der Waals surface area contributed by atoms with Gasteiger partial charge in [-0.2, -0.15) is 0 Å². The summed E-state index contributed by atoms with van der Waals surface area (Å²) in [7, 11) is 3.78. The molecule has 0 saturated heterocycles. The predicted octanol–water partition coefficient (Wildman–Crippen LogP) is 2.50. The summed E-state index contributed by atoms with van der Waals surface area (Å²) >= 11 is 3.50. The molecule has 1 aromatic carbocycles. The SMILES string of the molecule is COCCCN(C)c1ccc(N)cc1Br. The summed E-state index contributed by atoms with van der Waals surface area (Å²) in [6.45, 7) is 1.76. The van der Waals surface area contributed by atoms with Crippen molar-refractivity contribution in [3.63, 3.8) is 0 Å². The average molecular weight is 273 g/mol. The second-order valence-electron chi connectivity index (χ2n) is 3.48. The van der Waals surface area contributed by atoms with Gasteiger partial charge in [0.15, 0.2) is 0 Å². The number of rotatable bonds is 5. The summed E-state index contributed by atoms with van der Waals surface area (Å²) in [6.07, 6.45) is 1.02. The highest BCUT2D eigenvalue weighted by Gasteiger charge is 2.05. The van der Waals surface area contributed by atoms with Gasteiger partial charge in [-0.25, -0.2) is 0 Å². The van der Waals surface area contributed by atoms with Crippen LogP contribution >= 0.6 is 15.9 Å². The molecule has 0 heterocycles. The number of ether oxygens (including phenoxy) is 1. The second kappa shape index (κ2) is 5.98. The Bertz CT molecular complexity index is 317. The molecule has 0 radical (unpaired) electrons. The lowest BCUT2D eigenvalue weighted by atomic mass is 10.2. The normalized spacial score (nSPS) is 10.3. The minimum absolute atomic E-state index is 0.774. The predicted molar refractivity (Wildman–Crippen MR) is 68.3 cm³/mol. The summed E-state index contributed by atoms with van der Waals surface area (Å²) in [4.78, 5) is 2.18. The Morgan fingerprint density at radius 2 is 2.20 bits per heavy atom. The lowest BCUT2D eigenvalue weighted by molar-refractivity contribution is 0.196. The Labute approximate surface area is 99.3 Å². The standard InChI is InChI=1S/C11H17BrN2O/c1-14(6-3-7-15-2)11-5-4-9(13)8-10(11)12/h4-5,8H,3,6-7,13H2,1-2H3. The lowest BCUT2D eigenvalue weighted by Crippen LogP contribution is -2.20. The van der Waals surface area contributed by atoms with Crippen LogP contribution < -0.4 is 10.6 Å². The van der Waals surface area contributed by atoms with Crippen molar-refractivity contribution in [2.24, 2.45) is 0 Å². The third-order valence-corrected chi connectivity index (χ3v) is 2.86. The number of nitrogen functional groups attached to an aromatic ring is 1. The van der Waals surface area contributed by atoms with Crippen molar-refractivity contribution in [2.45, 2.75) is 6.42 Å². The van der Waals surface area contributed by atoms with E-state index in [0.717, 1.165) is 35.4 Å². The highest BCUT2D eigenvalue weighted by Crippen LogP contribution is 2.27. The summed E-state index contributed by atoms with van der Waals surface area (Å²) in [5, 5.41) is 0.